The number of nitrogens with zero attached hydrogens (tertiary/aromatic N) is 5. The van der Waals surface area contributed by atoms with Gasteiger partial charge in [-0.05, 0) is 61.0 Å². The van der Waals surface area contributed by atoms with E-state index in [-0.39, 0.29) is 41.2 Å². The Morgan fingerprint density at radius 2 is 1.17 bits per heavy atom. The molecule has 0 bridgehead atoms. The zero-order chi connectivity index (χ0) is 41.9. The highest BCUT2D eigenvalue weighted by molar-refractivity contribution is 7.12. The van der Waals surface area contributed by atoms with E-state index in [0.717, 1.165) is 31.1 Å². The number of piperazine rings is 2. The second kappa shape index (κ2) is 20.1. The molecule has 0 atom stereocenters. The van der Waals surface area contributed by atoms with Crippen LogP contribution in [0.2, 0.25) is 5.02 Å². The highest BCUT2D eigenvalue weighted by Gasteiger charge is 2.29. The van der Waals surface area contributed by atoms with Crippen LogP contribution in [-0.4, -0.2) is 119 Å². The predicted octanol–water partition coefficient (Wildman–Crippen LogP) is 4.67. The van der Waals surface area contributed by atoms with Gasteiger partial charge in [-0.3, -0.25) is 19.2 Å². The third-order valence-corrected chi connectivity index (χ3v) is 11.3. The van der Waals surface area contributed by atoms with Crippen LogP contribution in [-0.2, 0) is 9.47 Å². The second-order valence-electron chi connectivity index (χ2n) is 12.8. The van der Waals surface area contributed by atoms with Crippen LogP contribution in [0.5, 0.6) is 0 Å². The molecule has 6 aromatic heterocycles. The Morgan fingerprint density at radius 1 is 0.678 bits per heavy atom. The van der Waals surface area contributed by atoms with E-state index in [2.05, 4.69) is 25.3 Å². The van der Waals surface area contributed by atoms with Crippen LogP contribution in [0.15, 0.2) is 81.3 Å². The van der Waals surface area contributed by atoms with E-state index in [1.165, 1.54) is 28.9 Å². The number of rotatable bonds is 7. The molecule has 8 heterocycles. The molecule has 0 aliphatic carbocycles. The van der Waals surface area contributed by atoms with E-state index in [9.17, 15) is 28.8 Å². The molecule has 3 N–H and O–H groups in total. The van der Waals surface area contributed by atoms with E-state index < -0.39 is 23.1 Å². The average molecular weight is 861 g/mol. The molecule has 0 aromatic carbocycles. The van der Waals surface area contributed by atoms with Crippen molar-refractivity contribution in [2.45, 2.75) is 13.8 Å². The number of ether oxygens (including phenoxy) is 2. The molecular weight excluding hydrogens is 820 g/mol. The van der Waals surface area contributed by atoms with Crippen LogP contribution < -0.4 is 21.3 Å². The molecular formula is C40H41ClN8O8S2. The molecule has 2 aliphatic heterocycles. The zero-order valence-corrected chi connectivity index (χ0v) is 34.6. The summed E-state index contributed by atoms with van der Waals surface area (Å²) in [5.74, 6) is -1.21. The first kappa shape index (κ1) is 42.7. The first-order valence-corrected chi connectivity index (χ1v) is 20.9. The number of carbonyl (C=O) groups excluding carboxylic acids is 4. The fourth-order valence-corrected chi connectivity index (χ4v) is 8.11. The number of hydrogen-bond acceptors (Lipinski definition) is 14. The Labute approximate surface area is 350 Å². The number of hydrogen-bond donors (Lipinski definition) is 3. The maximum absolute atomic E-state index is 12.7. The van der Waals surface area contributed by atoms with Gasteiger partial charge >= 0.3 is 11.9 Å². The fraction of sp³-hybridized carbons (Fsp3) is 0.300. The van der Waals surface area contributed by atoms with E-state index in [0.29, 0.717) is 58.8 Å². The molecule has 0 unspecified atom stereocenters. The molecule has 2 amide bonds. The molecule has 308 valence electrons. The summed E-state index contributed by atoms with van der Waals surface area (Å²) < 4.78 is 9.90. The van der Waals surface area contributed by atoms with Crippen LogP contribution in [0.1, 0.15) is 53.9 Å². The molecule has 8 rings (SSSR count). The number of halogens is 1. The van der Waals surface area contributed by atoms with Gasteiger partial charge in [0.1, 0.15) is 22.4 Å². The average Bonchev–Trinajstić information content (AvgIpc) is 4.00. The second-order valence-corrected chi connectivity index (χ2v) is 15.1. The van der Waals surface area contributed by atoms with Gasteiger partial charge in [-0.1, -0.05) is 23.7 Å². The minimum Gasteiger partial charge on any atom is -0.462 e. The van der Waals surface area contributed by atoms with Gasteiger partial charge in [-0.25, -0.2) is 19.6 Å². The molecule has 6 aromatic rings. The van der Waals surface area contributed by atoms with Crippen molar-refractivity contribution < 1.29 is 28.7 Å². The number of aromatic amines is 2. The van der Waals surface area contributed by atoms with Gasteiger partial charge in [0.05, 0.1) is 33.7 Å². The number of pyridine rings is 4. The molecule has 0 saturated carbocycles. The monoisotopic (exact) mass is 860 g/mol. The molecule has 0 radical (unpaired) electrons. The number of nitrogens with one attached hydrogen (secondary N) is 3. The number of aromatic nitrogens is 4. The van der Waals surface area contributed by atoms with Gasteiger partial charge in [0.25, 0.3) is 22.9 Å². The Morgan fingerprint density at radius 3 is 1.69 bits per heavy atom. The number of fused-ring (bicyclic) bond motifs is 2. The van der Waals surface area contributed by atoms with Gasteiger partial charge in [0.15, 0.2) is 0 Å². The van der Waals surface area contributed by atoms with Crippen LogP contribution >= 0.6 is 34.3 Å². The molecule has 0 spiro atoms. The van der Waals surface area contributed by atoms with Gasteiger partial charge in [0.2, 0.25) is 0 Å². The first-order chi connectivity index (χ1) is 28.6. The summed E-state index contributed by atoms with van der Waals surface area (Å²) in [7, 11) is 0. The smallest absolute Gasteiger partial charge is 0.345 e. The maximum atomic E-state index is 12.7. The summed E-state index contributed by atoms with van der Waals surface area (Å²) in [5, 5.41) is 8.29. The molecule has 2 aliphatic rings. The summed E-state index contributed by atoms with van der Waals surface area (Å²) in [6, 6.07) is 14.4. The van der Waals surface area contributed by atoms with Crippen LogP contribution in [0.3, 0.4) is 0 Å². The Bertz CT molecular complexity index is 2530. The normalized spacial score (nSPS) is 13.8. The van der Waals surface area contributed by atoms with Crippen molar-refractivity contribution in [1.82, 2.24) is 35.1 Å². The van der Waals surface area contributed by atoms with Gasteiger partial charge < -0.3 is 39.5 Å². The van der Waals surface area contributed by atoms with E-state index in [4.69, 9.17) is 21.1 Å². The summed E-state index contributed by atoms with van der Waals surface area (Å²) >= 11 is 8.95. The van der Waals surface area contributed by atoms with E-state index in [1.807, 2.05) is 50.9 Å². The molecule has 19 heteroatoms. The highest BCUT2D eigenvalue weighted by Crippen LogP contribution is 2.29. The van der Waals surface area contributed by atoms with Crippen LogP contribution in [0.4, 0.5) is 5.69 Å². The quantitative estimate of drug-likeness (QED) is 0.188. The number of carbonyl (C=O) groups is 4. The Hall–Kier alpha value is -5.95. The number of thiophene rings is 2. The highest BCUT2D eigenvalue weighted by atomic mass is 35.5. The summed E-state index contributed by atoms with van der Waals surface area (Å²) in [6.07, 6.45) is 3.11. The third kappa shape index (κ3) is 10.0. The van der Waals surface area contributed by atoms with Crippen molar-refractivity contribution in [3.63, 3.8) is 0 Å². The lowest BCUT2D eigenvalue weighted by Crippen LogP contribution is -2.49. The summed E-state index contributed by atoms with van der Waals surface area (Å²) in [4.78, 5) is 93.4. The van der Waals surface area contributed by atoms with Gasteiger partial charge in [-0.15, -0.1) is 22.7 Å². The number of esters is 2. The standard InChI is InChI=1S/C20H20N4O4S.C11H9ClN2O3.C9H12N2OS/c1-2-28-20(27)15-16(13-5-3-7-21-17(13)22-18(15)25)23-8-10-24(11-9-23)19(26)14-6-4-12-29-14;1-2-17-11(16)7-8(12)6-4-3-5-13-9(6)14-10(7)15;12-9(8-2-1-7-13-8)11-5-3-10-4-6-11/h3-7,12H,2,8-11H2,1H3,(H,21,22,25);3-5H,2H2,1H3,(H,13,14,15);1-2,7,10H,3-6H2. The fourth-order valence-electron chi connectivity index (χ4n) is 6.41. The minimum atomic E-state index is -0.732. The van der Waals surface area contributed by atoms with Crippen molar-refractivity contribution in [3.05, 3.63) is 118 Å². The van der Waals surface area contributed by atoms with Crippen LogP contribution in [0, 0.1) is 0 Å². The topological polar surface area (TPSA) is 200 Å². The summed E-state index contributed by atoms with van der Waals surface area (Å²) in [6.45, 7) is 9.17. The lowest BCUT2D eigenvalue weighted by Gasteiger charge is -2.36. The Kier molecular flexibility index (Phi) is 14.6. The predicted molar refractivity (Wildman–Crippen MR) is 227 cm³/mol. The van der Waals surface area contributed by atoms with E-state index in [1.54, 1.807) is 43.1 Å². The third-order valence-electron chi connectivity index (χ3n) is 9.19. The molecule has 16 nitrogen and oxygen atoms in total. The van der Waals surface area contributed by atoms with Crippen molar-refractivity contribution in [2.24, 2.45) is 0 Å². The molecule has 2 fully saturated rings. The Balaban J connectivity index is 0.000000165. The van der Waals surface area contributed by atoms with Crippen molar-refractivity contribution in [2.75, 3.05) is 70.5 Å². The van der Waals surface area contributed by atoms with Crippen molar-refractivity contribution in [1.29, 1.82) is 0 Å². The zero-order valence-electron chi connectivity index (χ0n) is 32.2. The number of H-pyrrole nitrogens is 2. The van der Waals surface area contributed by atoms with Gasteiger partial charge in [0, 0.05) is 75.5 Å². The maximum Gasteiger partial charge on any atom is 0.345 e. The lowest BCUT2D eigenvalue weighted by molar-refractivity contribution is 0.0515. The first-order valence-electron chi connectivity index (χ1n) is 18.8. The largest absolute Gasteiger partial charge is 0.462 e. The van der Waals surface area contributed by atoms with Crippen LogP contribution in [0.25, 0.3) is 22.1 Å². The van der Waals surface area contributed by atoms with Gasteiger partial charge in [-0.2, -0.15) is 0 Å². The van der Waals surface area contributed by atoms with Crippen molar-refractivity contribution in [3.8, 4) is 0 Å². The van der Waals surface area contributed by atoms with Crippen molar-refractivity contribution >= 4 is 85.8 Å². The SMILES string of the molecule is CCOC(=O)c1c(Cl)c2cccnc2[nH]c1=O.CCOC(=O)c1c(N2CCN(C(=O)c3cccs3)CC2)c2cccnc2[nH]c1=O.O=C(c1cccs1)N1CCNCC1. The minimum absolute atomic E-state index is 0.00250. The molecule has 2 saturated heterocycles. The number of amides is 2. The van der Waals surface area contributed by atoms with E-state index >= 15 is 0 Å². The lowest BCUT2D eigenvalue weighted by atomic mass is 10.1. The summed E-state index contributed by atoms with van der Waals surface area (Å²) in [5.41, 5.74) is -0.0625. The molecule has 59 heavy (non-hydrogen) atoms. The number of anilines is 1.